The number of ether oxygens (including phenoxy) is 3. The highest BCUT2D eigenvalue weighted by Gasteiger charge is 2.12. The molecular weight excluding hydrogens is 579 g/mol. The van der Waals surface area contributed by atoms with Gasteiger partial charge in [0.15, 0.2) is 11.5 Å². The maximum absolute atomic E-state index is 12.1. The standard InChI is InChI=1S/C25H22BrCl3N2O4/c1-33-23-12-16(11-19(26)25(23)35-15-17-5-2-3-6-20(17)28)14-30-31-24(32)7-4-10-34-22-9-8-18(27)13-21(22)29/h2-3,5-6,8-9,11-14H,4,7,10,15H2,1H3,(H,31,32)/b30-14+. The zero-order chi connectivity index (χ0) is 25.2. The number of hydrogen-bond acceptors (Lipinski definition) is 5. The summed E-state index contributed by atoms with van der Waals surface area (Å²) in [4.78, 5) is 12.1. The number of amides is 1. The molecule has 3 aromatic rings. The summed E-state index contributed by atoms with van der Waals surface area (Å²) < 4.78 is 17.6. The number of hydrogen-bond donors (Lipinski definition) is 1. The van der Waals surface area contributed by atoms with E-state index in [9.17, 15) is 4.79 Å². The van der Waals surface area contributed by atoms with Crippen LogP contribution in [0.4, 0.5) is 0 Å². The van der Waals surface area contributed by atoms with Crippen LogP contribution in [0.5, 0.6) is 17.2 Å². The SMILES string of the molecule is COc1cc(/C=N/NC(=O)CCCOc2ccc(Cl)cc2Cl)cc(Br)c1OCc1ccccc1Cl. The predicted octanol–water partition coefficient (Wildman–Crippen LogP) is 7.31. The first-order valence-corrected chi connectivity index (χ1v) is 12.4. The van der Waals surface area contributed by atoms with Crippen LogP contribution in [0.3, 0.4) is 0 Å². The van der Waals surface area contributed by atoms with Gasteiger partial charge in [0.1, 0.15) is 12.4 Å². The number of halogens is 4. The molecule has 0 aromatic heterocycles. The average molecular weight is 601 g/mol. The first-order valence-electron chi connectivity index (χ1n) is 10.5. The summed E-state index contributed by atoms with van der Waals surface area (Å²) in [7, 11) is 1.55. The molecule has 0 fully saturated rings. The third-order valence-electron chi connectivity index (χ3n) is 4.68. The Morgan fingerprint density at radius 2 is 1.83 bits per heavy atom. The molecule has 6 nitrogen and oxygen atoms in total. The Balaban J connectivity index is 1.49. The van der Waals surface area contributed by atoms with Crippen LogP contribution >= 0.6 is 50.7 Å². The minimum atomic E-state index is -0.238. The van der Waals surface area contributed by atoms with Crippen LogP contribution in [0.15, 0.2) is 64.2 Å². The summed E-state index contributed by atoms with van der Waals surface area (Å²) in [5.74, 6) is 1.33. The Morgan fingerprint density at radius 1 is 1.03 bits per heavy atom. The molecule has 0 heterocycles. The van der Waals surface area contributed by atoms with Crippen molar-refractivity contribution in [2.24, 2.45) is 5.10 Å². The van der Waals surface area contributed by atoms with Crippen LogP contribution in [0, 0.1) is 0 Å². The Morgan fingerprint density at radius 3 is 2.57 bits per heavy atom. The fourth-order valence-corrected chi connectivity index (χ4v) is 4.19. The van der Waals surface area contributed by atoms with Gasteiger partial charge < -0.3 is 14.2 Å². The van der Waals surface area contributed by atoms with E-state index >= 15 is 0 Å². The van der Waals surface area contributed by atoms with Gasteiger partial charge in [-0.3, -0.25) is 4.79 Å². The van der Waals surface area contributed by atoms with Gasteiger partial charge in [0.05, 0.1) is 29.4 Å². The Labute approximate surface area is 227 Å². The molecule has 0 aliphatic carbocycles. The lowest BCUT2D eigenvalue weighted by Gasteiger charge is -2.14. The molecule has 3 aromatic carbocycles. The highest BCUT2D eigenvalue weighted by molar-refractivity contribution is 9.10. The van der Waals surface area contributed by atoms with Crippen molar-refractivity contribution in [2.75, 3.05) is 13.7 Å². The summed E-state index contributed by atoms with van der Waals surface area (Å²) >= 11 is 21.6. The van der Waals surface area contributed by atoms with Gasteiger partial charge in [-0.2, -0.15) is 5.10 Å². The van der Waals surface area contributed by atoms with E-state index in [-0.39, 0.29) is 18.9 Å². The topological polar surface area (TPSA) is 69.2 Å². The number of methoxy groups -OCH3 is 1. The smallest absolute Gasteiger partial charge is 0.240 e. The van der Waals surface area contributed by atoms with Crippen molar-refractivity contribution >= 4 is 62.9 Å². The highest BCUT2D eigenvalue weighted by Crippen LogP contribution is 2.37. The molecule has 1 N–H and O–H groups in total. The van der Waals surface area contributed by atoms with Crippen molar-refractivity contribution in [3.8, 4) is 17.2 Å². The number of nitrogens with one attached hydrogen (secondary N) is 1. The largest absolute Gasteiger partial charge is 0.493 e. The number of rotatable bonds is 11. The van der Waals surface area contributed by atoms with Crippen LogP contribution in [0.1, 0.15) is 24.0 Å². The number of benzene rings is 3. The highest BCUT2D eigenvalue weighted by atomic mass is 79.9. The Hall–Kier alpha value is -2.45. The fourth-order valence-electron chi connectivity index (χ4n) is 2.96. The van der Waals surface area contributed by atoms with Crippen LogP contribution in [0.25, 0.3) is 0 Å². The van der Waals surface area contributed by atoms with Gasteiger partial charge in [-0.15, -0.1) is 0 Å². The lowest BCUT2D eigenvalue weighted by Crippen LogP contribution is -2.18. The van der Waals surface area contributed by atoms with E-state index < -0.39 is 0 Å². The van der Waals surface area contributed by atoms with Gasteiger partial charge in [-0.05, 0) is 64.3 Å². The number of nitrogens with zero attached hydrogens (tertiary/aromatic N) is 1. The third-order valence-corrected chi connectivity index (χ3v) is 6.17. The first-order chi connectivity index (χ1) is 16.9. The van der Waals surface area contributed by atoms with E-state index in [1.165, 1.54) is 6.21 Å². The van der Waals surface area contributed by atoms with Crippen LogP contribution < -0.4 is 19.6 Å². The Bertz CT molecular complexity index is 1210. The average Bonchev–Trinajstić information content (AvgIpc) is 2.83. The summed E-state index contributed by atoms with van der Waals surface area (Å²) in [5, 5.41) is 5.60. The van der Waals surface area contributed by atoms with E-state index in [2.05, 4.69) is 26.5 Å². The molecule has 0 bridgehead atoms. The zero-order valence-electron chi connectivity index (χ0n) is 18.7. The molecule has 3 rings (SSSR count). The molecule has 1 amide bonds. The molecule has 0 saturated heterocycles. The van der Waals surface area contributed by atoms with E-state index in [1.807, 2.05) is 30.3 Å². The minimum absolute atomic E-state index is 0.238. The quantitative estimate of drug-likeness (QED) is 0.142. The second-order valence-corrected chi connectivity index (χ2v) is 9.34. The maximum atomic E-state index is 12.1. The van der Waals surface area contributed by atoms with E-state index in [0.29, 0.717) is 55.4 Å². The van der Waals surface area contributed by atoms with Gasteiger partial charge in [0.25, 0.3) is 0 Å². The minimum Gasteiger partial charge on any atom is -0.493 e. The number of carbonyl (C=O) groups is 1. The third kappa shape index (κ3) is 8.32. The number of hydrazone groups is 1. The fraction of sp³-hybridized carbons (Fsp3) is 0.200. The molecule has 0 atom stereocenters. The van der Waals surface area contributed by atoms with Crippen molar-refractivity contribution in [1.82, 2.24) is 5.43 Å². The lowest BCUT2D eigenvalue weighted by molar-refractivity contribution is -0.121. The predicted molar refractivity (Wildman–Crippen MR) is 143 cm³/mol. The van der Waals surface area contributed by atoms with Crippen LogP contribution in [-0.2, 0) is 11.4 Å². The van der Waals surface area contributed by atoms with E-state index in [1.54, 1.807) is 31.4 Å². The van der Waals surface area contributed by atoms with E-state index in [4.69, 9.17) is 49.0 Å². The summed E-state index contributed by atoms with van der Waals surface area (Å²) in [6, 6.07) is 16.0. The van der Waals surface area contributed by atoms with Crippen molar-refractivity contribution in [3.05, 3.63) is 85.3 Å². The summed E-state index contributed by atoms with van der Waals surface area (Å²) in [5.41, 5.74) is 4.07. The monoisotopic (exact) mass is 598 g/mol. The van der Waals surface area contributed by atoms with Gasteiger partial charge in [-0.1, -0.05) is 53.0 Å². The molecule has 10 heteroatoms. The zero-order valence-corrected chi connectivity index (χ0v) is 22.5. The van der Waals surface area contributed by atoms with Crippen molar-refractivity contribution in [3.63, 3.8) is 0 Å². The molecule has 0 aliphatic heterocycles. The van der Waals surface area contributed by atoms with Gasteiger partial charge in [0.2, 0.25) is 5.91 Å². The van der Waals surface area contributed by atoms with Crippen molar-refractivity contribution in [1.29, 1.82) is 0 Å². The Kier molecular flexibility index (Phi) is 10.5. The van der Waals surface area contributed by atoms with E-state index in [0.717, 1.165) is 5.56 Å². The molecule has 0 spiro atoms. The summed E-state index contributed by atoms with van der Waals surface area (Å²) in [6.07, 6.45) is 2.26. The molecule has 35 heavy (non-hydrogen) atoms. The van der Waals surface area contributed by atoms with Crippen molar-refractivity contribution in [2.45, 2.75) is 19.4 Å². The lowest BCUT2D eigenvalue weighted by atomic mass is 10.2. The first kappa shape index (κ1) is 27.1. The normalized spacial score (nSPS) is 10.9. The van der Waals surface area contributed by atoms with Crippen LogP contribution in [-0.4, -0.2) is 25.8 Å². The maximum Gasteiger partial charge on any atom is 0.240 e. The summed E-state index contributed by atoms with van der Waals surface area (Å²) in [6.45, 7) is 0.615. The molecule has 0 radical (unpaired) electrons. The molecule has 0 unspecified atom stereocenters. The second-order valence-electron chi connectivity index (χ2n) is 7.23. The molecule has 184 valence electrons. The molecular formula is C25H22BrCl3N2O4. The van der Waals surface area contributed by atoms with Crippen LogP contribution in [0.2, 0.25) is 15.1 Å². The van der Waals surface area contributed by atoms with Crippen molar-refractivity contribution < 1.29 is 19.0 Å². The molecule has 0 saturated carbocycles. The number of carbonyl (C=O) groups excluding carboxylic acids is 1. The van der Waals surface area contributed by atoms with Gasteiger partial charge in [-0.25, -0.2) is 5.43 Å². The van der Waals surface area contributed by atoms with Gasteiger partial charge >= 0.3 is 0 Å². The second kappa shape index (κ2) is 13.6. The molecule has 0 aliphatic rings. The van der Waals surface area contributed by atoms with Gasteiger partial charge in [0, 0.05) is 22.0 Å².